The number of aromatic hydroxyl groups is 3. The number of hydrogen-bond donors (Lipinski definition) is 3. The number of para-hydroxylation sites is 1. The molecule has 0 heterocycles. The number of phenols is 3. The Hall–Kier alpha value is -9.96. The molecule has 14 aromatic rings. The Kier molecular flexibility index (Phi) is 69.6. The first kappa shape index (κ1) is 122. The molecule has 0 aromatic heterocycles. The zero-order valence-corrected chi connectivity index (χ0v) is 77.4. The van der Waals surface area contributed by atoms with Crippen molar-refractivity contribution in [1.29, 1.82) is 0 Å². The van der Waals surface area contributed by atoms with Gasteiger partial charge in [-0.25, -0.2) is 0 Å². The van der Waals surface area contributed by atoms with E-state index in [9.17, 15) is 5.11 Å². The van der Waals surface area contributed by atoms with E-state index in [1.807, 2.05) is 118 Å². The third kappa shape index (κ3) is 40.1. The highest BCUT2D eigenvalue weighted by Gasteiger charge is 2.14. The first-order valence-corrected chi connectivity index (χ1v) is 45.0. The molecule has 0 fully saturated rings. The fourth-order valence-corrected chi connectivity index (χ4v) is 13.2. The van der Waals surface area contributed by atoms with E-state index in [-0.39, 0.29) is 44.6 Å². The molecule has 3 N–H and O–H groups in total. The van der Waals surface area contributed by atoms with Gasteiger partial charge in [-0.1, -0.05) is 473 Å². The lowest BCUT2D eigenvalue weighted by Gasteiger charge is -2.16. The van der Waals surface area contributed by atoms with Crippen molar-refractivity contribution < 1.29 is 15.3 Å². The lowest BCUT2D eigenvalue weighted by Crippen LogP contribution is -1.95. The van der Waals surface area contributed by atoms with Crippen molar-refractivity contribution in [2.45, 2.75) is 323 Å². The molecule has 0 aliphatic carbocycles. The summed E-state index contributed by atoms with van der Waals surface area (Å²) in [5.74, 6) is 5.99. The number of phenolic OH excluding ortho intramolecular Hbond substituents is 3. The molecule has 8 atom stereocenters. The van der Waals surface area contributed by atoms with Crippen LogP contribution in [0.5, 0.6) is 17.2 Å². The highest BCUT2D eigenvalue weighted by Crippen LogP contribution is 2.36. The van der Waals surface area contributed by atoms with Crippen LogP contribution >= 0.6 is 0 Å². The van der Waals surface area contributed by atoms with Crippen LogP contribution in [0.25, 0.3) is 64.6 Å². The quantitative estimate of drug-likeness (QED) is 0.0845. The largest absolute Gasteiger partial charge is 0.508 e. The van der Waals surface area contributed by atoms with Crippen LogP contribution in [-0.2, 0) is 0 Å². The predicted molar refractivity (Wildman–Crippen MR) is 568 cm³/mol. The van der Waals surface area contributed by atoms with Gasteiger partial charge >= 0.3 is 0 Å². The van der Waals surface area contributed by atoms with Gasteiger partial charge in [-0.2, -0.15) is 0 Å². The van der Waals surface area contributed by atoms with Crippen LogP contribution in [0.15, 0.2) is 297 Å². The number of rotatable bonds is 16. The molecule has 0 saturated carbocycles. The maximum atomic E-state index is 9.41. The molecule has 0 saturated heterocycles. The van der Waals surface area contributed by atoms with E-state index in [2.05, 4.69) is 335 Å². The van der Waals surface area contributed by atoms with E-state index in [1.165, 1.54) is 136 Å². The molecule has 0 spiro atoms. The Morgan fingerprint density at radius 2 is 0.463 bits per heavy atom. The summed E-state index contributed by atoms with van der Waals surface area (Å²) in [6, 6.07) is 103. The summed E-state index contributed by atoms with van der Waals surface area (Å²) in [6.45, 7) is 55.6. The standard InChI is InChI=1S/2C18H18.2C14H16.3C10H14O.C10H14.5C2H6.6CH4/c1-3-13(2)18-16-10-6-4-8-14(16)12-15-9-5-7-11-17(15)18;1-3-13(2)14-8-9-17-11-15-6-4-5-7-16(15)12-18(17)10-14;1-3-11(2)13-10-6-8-12-7-4-5-9-14(12)13;1-3-11(2)13-9-8-12-6-4-5-7-14(12)10-13;1-3-8(2)9-4-6-10(11)7-5-9;1-3-8(2)9-5-4-6-10(11)7-9;1-3-8(2)9-6-4-5-7-10(9)11;1-3-9(2)10-7-5-4-6-8-10;5*1-2;;;;;;/h2*4-13H,3H2,1-2H3;2*4-11H,3H2,1-2H3;3*4-8,11H,3H2,1-2H3;4-9H,3H2,1-2H3;5*1-2H3;6*1H4. The van der Waals surface area contributed by atoms with Gasteiger partial charge in [0.15, 0.2) is 0 Å². The van der Waals surface area contributed by atoms with Gasteiger partial charge in [-0.05, 0) is 256 Å². The number of fused-ring (bicyclic) bond motifs is 6. The van der Waals surface area contributed by atoms with Gasteiger partial charge < -0.3 is 15.3 Å². The molecule has 8 unspecified atom stereocenters. The first-order chi connectivity index (χ1) is 56.8. The van der Waals surface area contributed by atoms with Gasteiger partial charge in [0.1, 0.15) is 17.2 Å². The zero-order valence-electron chi connectivity index (χ0n) is 77.4. The Bertz CT molecular complexity index is 4830. The fourth-order valence-electron chi connectivity index (χ4n) is 13.2. The molecule has 0 aliphatic rings. The molecule has 0 bridgehead atoms. The van der Waals surface area contributed by atoms with E-state index in [0.29, 0.717) is 64.6 Å². The molecule has 14 rings (SSSR count). The summed E-state index contributed by atoms with van der Waals surface area (Å²) in [5.41, 5.74) is 10.9. The zero-order chi connectivity index (χ0) is 87.2. The van der Waals surface area contributed by atoms with Crippen molar-refractivity contribution in [2.75, 3.05) is 0 Å². The first-order valence-electron chi connectivity index (χ1n) is 45.0. The van der Waals surface area contributed by atoms with Crippen LogP contribution < -0.4 is 0 Å². The van der Waals surface area contributed by atoms with Gasteiger partial charge in [0.05, 0.1) is 0 Å². The summed E-state index contributed by atoms with van der Waals surface area (Å²) in [7, 11) is 0. The minimum Gasteiger partial charge on any atom is -0.508 e. The molecule has 3 heteroatoms. The van der Waals surface area contributed by atoms with Crippen molar-refractivity contribution in [1.82, 2.24) is 0 Å². The van der Waals surface area contributed by atoms with Crippen LogP contribution in [0.1, 0.15) is 368 Å². The molecule has 0 aliphatic heterocycles. The van der Waals surface area contributed by atoms with Crippen molar-refractivity contribution in [2.24, 2.45) is 0 Å². The van der Waals surface area contributed by atoms with Crippen LogP contribution in [-0.4, -0.2) is 15.3 Å². The fraction of sp³-hybridized carbons (Fsp3) is 0.400. The minimum absolute atomic E-state index is 0. The Morgan fingerprint density at radius 3 is 0.902 bits per heavy atom. The van der Waals surface area contributed by atoms with Gasteiger partial charge in [-0.3, -0.25) is 0 Å². The monoisotopic (exact) mass is 1670 g/mol. The lowest BCUT2D eigenvalue weighted by atomic mass is 9.88. The third-order valence-electron chi connectivity index (χ3n) is 21.9. The Labute approximate surface area is 757 Å². The summed E-state index contributed by atoms with van der Waals surface area (Å²) >= 11 is 0. The number of hydrogen-bond acceptors (Lipinski definition) is 3. The van der Waals surface area contributed by atoms with Gasteiger partial charge in [0, 0.05) is 0 Å². The molecule has 0 radical (unpaired) electrons. The third-order valence-corrected chi connectivity index (χ3v) is 21.9. The van der Waals surface area contributed by atoms with Crippen molar-refractivity contribution in [3.8, 4) is 17.2 Å². The Morgan fingerprint density at radius 1 is 0.187 bits per heavy atom. The van der Waals surface area contributed by atoms with E-state index in [1.54, 1.807) is 24.3 Å². The topological polar surface area (TPSA) is 60.7 Å². The summed E-state index contributed by atoms with van der Waals surface area (Å²) in [5, 5.41) is 43.9. The second-order valence-corrected chi connectivity index (χ2v) is 29.3. The van der Waals surface area contributed by atoms with Gasteiger partial charge in [-0.15, -0.1) is 0 Å². The molecule has 0 amide bonds. The maximum Gasteiger partial charge on any atom is 0.119 e. The smallest absolute Gasteiger partial charge is 0.119 e. The molecule has 123 heavy (non-hydrogen) atoms. The van der Waals surface area contributed by atoms with E-state index in [0.717, 1.165) is 24.8 Å². The predicted octanol–water partition coefficient (Wildman–Crippen LogP) is 40.6. The molecular weight excluding hydrogens is 1490 g/mol. The van der Waals surface area contributed by atoms with Crippen LogP contribution in [0.2, 0.25) is 0 Å². The Balaban J connectivity index is -0.000000425. The summed E-state index contributed by atoms with van der Waals surface area (Å²) in [4.78, 5) is 0. The molecule has 3 nitrogen and oxygen atoms in total. The summed E-state index contributed by atoms with van der Waals surface area (Å²) in [6.07, 6.45) is 9.33. The molecule has 676 valence electrons. The maximum absolute atomic E-state index is 9.41. The highest BCUT2D eigenvalue weighted by molar-refractivity contribution is 6.03. The second kappa shape index (κ2) is 70.4. The van der Waals surface area contributed by atoms with Crippen LogP contribution in [0, 0.1) is 0 Å². The van der Waals surface area contributed by atoms with Crippen LogP contribution in [0.3, 0.4) is 0 Å². The van der Waals surface area contributed by atoms with Crippen molar-refractivity contribution >= 4 is 64.6 Å². The average Bonchev–Trinajstić information content (AvgIpc) is 0.770. The lowest BCUT2D eigenvalue weighted by molar-refractivity contribution is 0.462. The van der Waals surface area contributed by atoms with Crippen molar-refractivity contribution in [3.63, 3.8) is 0 Å². The van der Waals surface area contributed by atoms with Crippen LogP contribution in [0.4, 0.5) is 0 Å². The van der Waals surface area contributed by atoms with E-state index >= 15 is 0 Å². The van der Waals surface area contributed by atoms with E-state index in [4.69, 9.17) is 10.2 Å². The van der Waals surface area contributed by atoms with E-state index < -0.39 is 0 Å². The normalized spacial score (nSPS) is 11.5. The molecular formula is C120H178O3. The minimum atomic E-state index is 0. The number of benzene rings is 14. The summed E-state index contributed by atoms with van der Waals surface area (Å²) < 4.78 is 0. The van der Waals surface area contributed by atoms with Crippen molar-refractivity contribution in [3.05, 3.63) is 342 Å². The van der Waals surface area contributed by atoms with Gasteiger partial charge in [0.25, 0.3) is 0 Å². The second-order valence-electron chi connectivity index (χ2n) is 29.3. The highest BCUT2D eigenvalue weighted by atomic mass is 16.3. The SMILES string of the molecule is C.C.C.C.C.C.CC.CC.CC.CC.CC.CCC(C)c1c2ccccc2cc2ccccc12.CCC(C)c1ccc(O)cc1.CCC(C)c1ccc2cc3ccccc3cc2c1.CCC(C)c1ccc2ccccc2c1.CCC(C)c1cccc(O)c1.CCC(C)c1cccc2ccccc12.CCC(C)c1ccccc1.CCC(C)c1ccccc1O. The average molecular weight is 1670 g/mol. The molecule has 14 aromatic carbocycles. The van der Waals surface area contributed by atoms with Gasteiger partial charge in [0.2, 0.25) is 0 Å².